The van der Waals surface area contributed by atoms with Gasteiger partial charge in [-0.05, 0) is 50.2 Å². The predicted molar refractivity (Wildman–Crippen MR) is 141 cm³/mol. The van der Waals surface area contributed by atoms with Gasteiger partial charge in [-0.1, -0.05) is 81.0 Å². The second-order valence-electron chi connectivity index (χ2n) is 8.53. The molecule has 0 saturated carbocycles. The van der Waals surface area contributed by atoms with E-state index in [4.69, 9.17) is 10.8 Å². The Bertz CT molecular complexity index is 1020. The normalized spacial score (nSPS) is 13.0. The standard InChI is InChI=1S/C29H39N3O/c1-6-22(21(4)5)17-19-25(33)20-18-24-14-10-12-16-27(24)28(31-8-3)29(32-30)26-15-11-9-13-23(26)7-2/h6,9-16,21H,7-8,17-20,30H2,1-5H3/b22-6-,31-28?,32-29-. The second-order valence-corrected chi connectivity index (χ2v) is 8.53. The first kappa shape index (κ1) is 26.2. The van der Waals surface area contributed by atoms with Crippen LogP contribution in [0, 0.1) is 5.92 Å². The fraction of sp³-hybridized carbons (Fsp3) is 0.414. The molecule has 0 aliphatic heterocycles. The summed E-state index contributed by atoms with van der Waals surface area (Å²) in [7, 11) is 0. The van der Waals surface area contributed by atoms with Crippen LogP contribution in [0.25, 0.3) is 0 Å². The van der Waals surface area contributed by atoms with Crippen molar-refractivity contribution in [2.24, 2.45) is 21.9 Å². The molecule has 0 fully saturated rings. The second kappa shape index (κ2) is 13.5. The Labute approximate surface area is 199 Å². The maximum Gasteiger partial charge on any atom is 0.133 e. The Morgan fingerprint density at radius 3 is 2.06 bits per heavy atom. The van der Waals surface area contributed by atoms with Gasteiger partial charge in [-0.15, -0.1) is 0 Å². The Hall–Kier alpha value is -3.01. The van der Waals surface area contributed by atoms with Crippen LogP contribution in [0.4, 0.5) is 0 Å². The minimum Gasteiger partial charge on any atom is -0.323 e. The number of carbonyl (C=O) groups is 1. The molecule has 2 aromatic rings. The summed E-state index contributed by atoms with van der Waals surface area (Å²) in [5.74, 6) is 6.70. The van der Waals surface area contributed by atoms with E-state index in [0.29, 0.717) is 43.2 Å². The Kier molecular flexibility index (Phi) is 10.8. The molecule has 0 saturated heterocycles. The van der Waals surface area contributed by atoms with E-state index >= 15 is 0 Å². The van der Waals surface area contributed by atoms with Gasteiger partial charge < -0.3 is 5.84 Å². The van der Waals surface area contributed by atoms with Crippen LogP contribution in [0.1, 0.15) is 76.1 Å². The third kappa shape index (κ3) is 7.24. The van der Waals surface area contributed by atoms with Crippen LogP contribution in [0.5, 0.6) is 0 Å². The number of ketones is 1. The van der Waals surface area contributed by atoms with Crippen molar-refractivity contribution < 1.29 is 4.79 Å². The molecule has 0 unspecified atom stereocenters. The van der Waals surface area contributed by atoms with Crippen LogP contribution in [0.2, 0.25) is 0 Å². The van der Waals surface area contributed by atoms with Gasteiger partial charge in [-0.3, -0.25) is 9.79 Å². The molecule has 4 heteroatoms. The molecule has 33 heavy (non-hydrogen) atoms. The van der Waals surface area contributed by atoms with Gasteiger partial charge in [0, 0.05) is 30.5 Å². The molecule has 0 bridgehead atoms. The smallest absolute Gasteiger partial charge is 0.133 e. The third-order valence-corrected chi connectivity index (χ3v) is 6.07. The summed E-state index contributed by atoms with van der Waals surface area (Å²) in [6.07, 6.45) is 5.66. The molecular weight excluding hydrogens is 406 g/mol. The molecule has 0 heterocycles. The largest absolute Gasteiger partial charge is 0.323 e. The van der Waals surface area contributed by atoms with Gasteiger partial charge >= 0.3 is 0 Å². The topological polar surface area (TPSA) is 67.8 Å². The van der Waals surface area contributed by atoms with E-state index in [0.717, 1.165) is 35.2 Å². The van der Waals surface area contributed by atoms with Crippen molar-refractivity contribution in [3.63, 3.8) is 0 Å². The number of hydrogen-bond acceptors (Lipinski definition) is 4. The lowest BCUT2D eigenvalue weighted by Gasteiger charge is -2.16. The zero-order valence-electron chi connectivity index (χ0n) is 20.9. The van der Waals surface area contributed by atoms with E-state index in [2.05, 4.69) is 63.1 Å². The van der Waals surface area contributed by atoms with Crippen LogP contribution < -0.4 is 5.84 Å². The van der Waals surface area contributed by atoms with Crippen LogP contribution in [-0.4, -0.2) is 23.8 Å². The van der Waals surface area contributed by atoms with Gasteiger partial charge in [0.2, 0.25) is 0 Å². The number of carbonyl (C=O) groups excluding carboxylic acids is 1. The molecule has 176 valence electrons. The molecule has 0 spiro atoms. The van der Waals surface area contributed by atoms with Gasteiger partial charge in [-0.2, -0.15) is 5.10 Å². The molecule has 2 aromatic carbocycles. The predicted octanol–water partition coefficient (Wildman–Crippen LogP) is 6.31. The summed E-state index contributed by atoms with van der Waals surface area (Å²) in [6, 6.07) is 16.4. The summed E-state index contributed by atoms with van der Waals surface area (Å²) in [6.45, 7) is 11.2. The van der Waals surface area contributed by atoms with Crippen LogP contribution in [0.15, 0.2) is 70.3 Å². The average Bonchev–Trinajstić information content (AvgIpc) is 2.83. The number of hydrogen-bond donors (Lipinski definition) is 1. The quantitative estimate of drug-likeness (QED) is 0.180. The van der Waals surface area contributed by atoms with E-state index in [1.807, 2.05) is 31.2 Å². The van der Waals surface area contributed by atoms with E-state index in [-0.39, 0.29) is 0 Å². The lowest BCUT2D eigenvalue weighted by molar-refractivity contribution is -0.119. The molecule has 0 amide bonds. The zero-order chi connectivity index (χ0) is 24.2. The highest BCUT2D eigenvalue weighted by Gasteiger charge is 2.19. The number of hydrazone groups is 1. The number of benzene rings is 2. The molecule has 0 aliphatic rings. The van der Waals surface area contributed by atoms with Crippen molar-refractivity contribution in [1.82, 2.24) is 0 Å². The molecule has 0 aliphatic carbocycles. The minimum atomic E-state index is 0.294. The van der Waals surface area contributed by atoms with E-state index in [1.165, 1.54) is 11.1 Å². The monoisotopic (exact) mass is 445 g/mol. The lowest BCUT2D eigenvalue weighted by atomic mass is 9.90. The number of nitrogens with zero attached hydrogens (tertiary/aromatic N) is 2. The molecular formula is C29H39N3O. The van der Waals surface area contributed by atoms with Crippen molar-refractivity contribution in [1.29, 1.82) is 0 Å². The molecule has 0 radical (unpaired) electrons. The van der Waals surface area contributed by atoms with Crippen molar-refractivity contribution >= 4 is 17.2 Å². The van der Waals surface area contributed by atoms with Crippen molar-refractivity contribution in [3.05, 3.63) is 82.4 Å². The summed E-state index contributed by atoms with van der Waals surface area (Å²) in [4.78, 5) is 17.5. The SMILES string of the molecule is C/C=C(/CCC(=O)CCc1ccccc1C(=NCC)/C(=N\N)c1ccccc1CC)C(C)C. The summed E-state index contributed by atoms with van der Waals surface area (Å²) in [5, 5.41) is 4.19. The number of Topliss-reactive ketones (excluding diaryl/α,β-unsaturated/α-hetero) is 1. The Balaban J connectivity index is 2.29. The van der Waals surface area contributed by atoms with Crippen LogP contribution in [-0.2, 0) is 17.6 Å². The van der Waals surface area contributed by atoms with Gasteiger partial charge in [-0.25, -0.2) is 0 Å². The van der Waals surface area contributed by atoms with Crippen molar-refractivity contribution in [3.8, 4) is 0 Å². The van der Waals surface area contributed by atoms with Crippen LogP contribution in [0.3, 0.4) is 0 Å². The number of aliphatic imine (C=N–C) groups is 1. The average molecular weight is 446 g/mol. The number of nitrogens with two attached hydrogens (primary N) is 1. The summed E-state index contributed by atoms with van der Waals surface area (Å²) >= 11 is 0. The van der Waals surface area contributed by atoms with Gasteiger partial charge in [0.05, 0.1) is 5.71 Å². The summed E-state index contributed by atoms with van der Waals surface area (Å²) in [5.41, 5.74) is 7.13. The highest BCUT2D eigenvalue weighted by molar-refractivity contribution is 6.54. The zero-order valence-corrected chi connectivity index (χ0v) is 20.9. The highest BCUT2D eigenvalue weighted by Crippen LogP contribution is 2.21. The van der Waals surface area contributed by atoms with Crippen LogP contribution >= 0.6 is 0 Å². The molecule has 2 rings (SSSR count). The van der Waals surface area contributed by atoms with Gasteiger partial charge in [0.15, 0.2) is 0 Å². The number of aryl methyl sites for hydroxylation is 2. The maximum atomic E-state index is 12.7. The first-order valence-corrected chi connectivity index (χ1v) is 12.1. The fourth-order valence-corrected chi connectivity index (χ4v) is 4.18. The summed E-state index contributed by atoms with van der Waals surface area (Å²) < 4.78 is 0. The maximum absolute atomic E-state index is 12.7. The van der Waals surface area contributed by atoms with E-state index in [9.17, 15) is 4.79 Å². The molecule has 0 aromatic heterocycles. The van der Waals surface area contributed by atoms with Gasteiger partial charge in [0.25, 0.3) is 0 Å². The highest BCUT2D eigenvalue weighted by atomic mass is 16.1. The number of allylic oxidation sites excluding steroid dienone is 2. The van der Waals surface area contributed by atoms with Crippen molar-refractivity contribution in [2.75, 3.05) is 6.54 Å². The molecule has 2 N–H and O–H groups in total. The Morgan fingerprint density at radius 2 is 1.52 bits per heavy atom. The molecule has 0 atom stereocenters. The fourth-order valence-electron chi connectivity index (χ4n) is 4.18. The van der Waals surface area contributed by atoms with Crippen molar-refractivity contribution in [2.45, 2.75) is 66.7 Å². The first-order valence-electron chi connectivity index (χ1n) is 12.1. The number of rotatable bonds is 12. The lowest BCUT2D eigenvalue weighted by Crippen LogP contribution is -2.22. The minimum absolute atomic E-state index is 0.294. The molecule has 4 nitrogen and oxygen atoms in total. The third-order valence-electron chi connectivity index (χ3n) is 6.07. The van der Waals surface area contributed by atoms with E-state index < -0.39 is 0 Å². The van der Waals surface area contributed by atoms with Gasteiger partial charge in [0.1, 0.15) is 11.5 Å². The Morgan fingerprint density at radius 1 is 0.909 bits per heavy atom. The first-order chi connectivity index (χ1) is 16.0. The van der Waals surface area contributed by atoms with E-state index in [1.54, 1.807) is 0 Å².